The Kier molecular flexibility index (Phi) is 7.51. The lowest BCUT2D eigenvalue weighted by atomic mass is 10.2. The highest BCUT2D eigenvalue weighted by Crippen LogP contribution is 2.26. The Bertz CT molecular complexity index is 1080. The highest BCUT2D eigenvalue weighted by Gasteiger charge is 2.19. The Hall–Kier alpha value is -3.51. The molecule has 0 saturated heterocycles. The number of nitrogens with one attached hydrogen (secondary N) is 1. The van der Waals surface area contributed by atoms with E-state index >= 15 is 0 Å². The molecule has 0 saturated carbocycles. The predicted octanol–water partition coefficient (Wildman–Crippen LogP) is 4.05. The van der Waals surface area contributed by atoms with E-state index in [9.17, 15) is 4.79 Å². The van der Waals surface area contributed by atoms with E-state index in [1.54, 1.807) is 31.4 Å². The van der Waals surface area contributed by atoms with E-state index in [0.717, 1.165) is 0 Å². The number of ether oxygens (including phenoxy) is 2. The van der Waals surface area contributed by atoms with Gasteiger partial charge in [-0.2, -0.15) is 5.26 Å². The van der Waals surface area contributed by atoms with Crippen LogP contribution in [0.15, 0.2) is 53.7 Å². The van der Waals surface area contributed by atoms with Crippen LogP contribution in [0.4, 0.5) is 5.69 Å². The molecule has 1 unspecified atom stereocenters. The standard InChI is InChI=1S/C22H23N5O3S/c1-4-27-21(15(2)30-19-7-5-6-18(12-19)29-3)25-26-22(27)31-14-20(28)24-17-10-8-16(13-23)9-11-17/h5-12,15H,4,14H2,1-3H3,(H,24,28). The molecule has 160 valence electrons. The summed E-state index contributed by atoms with van der Waals surface area (Å²) in [5.74, 6) is 2.09. The van der Waals surface area contributed by atoms with Crippen LogP contribution in [0.1, 0.15) is 31.3 Å². The fourth-order valence-corrected chi connectivity index (χ4v) is 3.70. The number of anilines is 1. The van der Waals surface area contributed by atoms with Crippen LogP contribution in [0.5, 0.6) is 11.5 Å². The number of thioether (sulfide) groups is 1. The Morgan fingerprint density at radius 2 is 1.97 bits per heavy atom. The lowest BCUT2D eigenvalue weighted by Gasteiger charge is -2.16. The monoisotopic (exact) mass is 437 g/mol. The Morgan fingerprint density at radius 3 is 2.65 bits per heavy atom. The molecular weight excluding hydrogens is 414 g/mol. The largest absolute Gasteiger partial charge is 0.497 e. The van der Waals surface area contributed by atoms with E-state index in [2.05, 4.69) is 15.5 Å². The van der Waals surface area contributed by atoms with Gasteiger partial charge in [0.2, 0.25) is 5.91 Å². The van der Waals surface area contributed by atoms with Crippen molar-refractivity contribution in [2.45, 2.75) is 31.7 Å². The zero-order chi connectivity index (χ0) is 22.2. The Labute approximate surface area is 185 Å². The molecule has 3 aromatic rings. The number of hydrogen-bond acceptors (Lipinski definition) is 7. The van der Waals surface area contributed by atoms with Crippen molar-refractivity contribution in [3.05, 3.63) is 59.9 Å². The summed E-state index contributed by atoms with van der Waals surface area (Å²) in [5.41, 5.74) is 1.18. The number of nitrogens with zero attached hydrogens (tertiary/aromatic N) is 4. The van der Waals surface area contributed by atoms with Crippen molar-refractivity contribution in [2.75, 3.05) is 18.2 Å². The van der Waals surface area contributed by atoms with Crippen molar-refractivity contribution in [1.82, 2.24) is 14.8 Å². The summed E-state index contributed by atoms with van der Waals surface area (Å²) in [6.45, 7) is 4.54. The first-order valence-electron chi connectivity index (χ1n) is 9.70. The SMILES string of the molecule is CCn1c(SCC(=O)Nc2ccc(C#N)cc2)nnc1C(C)Oc1cccc(OC)c1. The number of benzene rings is 2. The first-order chi connectivity index (χ1) is 15.0. The maximum Gasteiger partial charge on any atom is 0.234 e. The molecule has 1 atom stereocenters. The van der Waals surface area contributed by atoms with Crippen LogP contribution in [-0.4, -0.2) is 33.5 Å². The van der Waals surface area contributed by atoms with Crippen LogP contribution in [0.3, 0.4) is 0 Å². The van der Waals surface area contributed by atoms with Crippen molar-refractivity contribution in [2.24, 2.45) is 0 Å². The van der Waals surface area contributed by atoms with E-state index < -0.39 is 0 Å². The van der Waals surface area contributed by atoms with E-state index in [1.807, 2.05) is 48.7 Å². The quantitative estimate of drug-likeness (QED) is 0.504. The molecule has 9 heteroatoms. The lowest BCUT2D eigenvalue weighted by molar-refractivity contribution is -0.113. The average Bonchev–Trinajstić information content (AvgIpc) is 3.21. The van der Waals surface area contributed by atoms with Gasteiger partial charge in [0.1, 0.15) is 11.5 Å². The molecule has 1 N–H and O–H groups in total. The van der Waals surface area contributed by atoms with Crippen LogP contribution in [-0.2, 0) is 11.3 Å². The zero-order valence-electron chi connectivity index (χ0n) is 17.5. The summed E-state index contributed by atoms with van der Waals surface area (Å²) in [6, 6.07) is 16.1. The number of nitriles is 1. The normalized spacial score (nSPS) is 11.4. The van der Waals surface area contributed by atoms with Gasteiger partial charge in [0.05, 0.1) is 24.5 Å². The molecule has 0 aliphatic carbocycles. The van der Waals surface area contributed by atoms with Crippen molar-refractivity contribution in [1.29, 1.82) is 5.26 Å². The van der Waals surface area contributed by atoms with Crippen LogP contribution in [0, 0.1) is 11.3 Å². The number of carbonyl (C=O) groups excluding carboxylic acids is 1. The molecule has 0 bridgehead atoms. The molecule has 0 aliphatic heterocycles. The van der Waals surface area contributed by atoms with Crippen LogP contribution >= 0.6 is 11.8 Å². The third-order valence-electron chi connectivity index (χ3n) is 4.41. The minimum atomic E-state index is -0.332. The molecule has 1 heterocycles. The Balaban J connectivity index is 1.62. The van der Waals surface area contributed by atoms with E-state index in [0.29, 0.717) is 40.3 Å². The maximum absolute atomic E-state index is 12.3. The van der Waals surface area contributed by atoms with Gasteiger partial charge in [-0.05, 0) is 50.2 Å². The zero-order valence-corrected chi connectivity index (χ0v) is 18.3. The molecule has 1 amide bonds. The van der Waals surface area contributed by atoms with Crippen LogP contribution < -0.4 is 14.8 Å². The third kappa shape index (κ3) is 5.77. The van der Waals surface area contributed by atoms with Gasteiger partial charge in [0.25, 0.3) is 0 Å². The fraction of sp³-hybridized carbons (Fsp3) is 0.273. The highest BCUT2D eigenvalue weighted by atomic mass is 32.2. The van der Waals surface area contributed by atoms with Crippen LogP contribution in [0.25, 0.3) is 0 Å². The third-order valence-corrected chi connectivity index (χ3v) is 5.38. The summed E-state index contributed by atoms with van der Waals surface area (Å²) in [6.07, 6.45) is -0.332. The molecule has 8 nitrogen and oxygen atoms in total. The van der Waals surface area contributed by atoms with Gasteiger partial charge in [0, 0.05) is 18.3 Å². The minimum Gasteiger partial charge on any atom is -0.497 e. The molecule has 0 radical (unpaired) electrons. The van der Waals surface area contributed by atoms with Gasteiger partial charge in [-0.3, -0.25) is 4.79 Å². The van der Waals surface area contributed by atoms with Gasteiger partial charge in [-0.15, -0.1) is 10.2 Å². The first-order valence-corrected chi connectivity index (χ1v) is 10.7. The second-order valence-electron chi connectivity index (χ2n) is 6.55. The number of aromatic nitrogens is 3. The molecule has 31 heavy (non-hydrogen) atoms. The molecule has 0 aliphatic rings. The summed E-state index contributed by atoms with van der Waals surface area (Å²) >= 11 is 1.31. The van der Waals surface area contributed by atoms with Crippen molar-refractivity contribution >= 4 is 23.4 Å². The lowest BCUT2D eigenvalue weighted by Crippen LogP contribution is -2.15. The molecule has 0 fully saturated rings. The molecule has 2 aromatic carbocycles. The molecular formula is C22H23N5O3S. The summed E-state index contributed by atoms with van der Waals surface area (Å²) in [4.78, 5) is 12.3. The fourth-order valence-electron chi connectivity index (χ4n) is 2.89. The molecule has 1 aromatic heterocycles. The summed E-state index contributed by atoms with van der Waals surface area (Å²) in [7, 11) is 1.61. The number of amides is 1. The number of rotatable bonds is 9. The van der Waals surface area contributed by atoms with Gasteiger partial charge in [0.15, 0.2) is 17.1 Å². The number of hydrogen-bond donors (Lipinski definition) is 1. The number of methoxy groups -OCH3 is 1. The minimum absolute atomic E-state index is 0.164. The highest BCUT2D eigenvalue weighted by molar-refractivity contribution is 7.99. The summed E-state index contributed by atoms with van der Waals surface area (Å²) in [5, 5.41) is 20.8. The van der Waals surface area contributed by atoms with Gasteiger partial charge in [-0.25, -0.2) is 0 Å². The molecule has 0 spiro atoms. The van der Waals surface area contributed by atoms with Gasteiger partial charge < -0.3 is 19.4 Å². The summed E-state index contributed by atoms with van der Waals surface area (Å²) < 4.78 is 13.2. The van der Waals surface area contributed by atoms with Gasteiger partial charge >= 0.3 is 0 Å². The van der Waals surface area contributed by atoms with Crippen LogP contribution in [0.2, 0.25) is 0 Å². The smallest absolute Gasteiger partial charge is 0.234 e. The van der Waals surface area contributed by atoms with E-state index in [-0.39, 0.29) is 17.8 Å². The van der Waals surface area contributed by atoms with E-state index in [1.165, 1.54) is 11.8 Å². The van der Waals surface area contributed by atoms with Gasteiger partial charge in [-0.1, -0.05) is 17.8 Å². The van der Waals surface area contributed by atoms with Crippen molar-refractivity contribution in [3.8, 4) is 17.6 Å². The average molecular weight is 438 g/mol. The maximum atomic E-state index is 12.3. The van der Waals surface area contributed by atoms with Crippen molar-refractivity contribution < 1.29 is 14.3 Å². The Morgan fingerprint density at radius 1 is 1.23 bits per heavy atom. The van der Waals surface area contributed by atoms with E-state index in [4.69, 9.17) is 14.7 Å². The predicted molar refractivity (Wildman–Crippen MR) is 118 cm³/mol. The second-order valence-corrected chi connectivity index (χ2v) is 7.49. The first kappa shape index (κ1) is 22.2. The van der Waals surface area contributed by atoms with Crippen molar-refractivity contribution in [3.63, 3.8) is 0 Å². The second kappa shape index (κ2) is 10.5. The molecule has 3 rings (SSSR count). The topological polar surface area (TPSA) is 102 Å². The number of carbonyl (C=O) groups is 1.